The van der Waals surface area contributed by atoms with E-state index in [0.29, 0.717) is 13.1 Å². The van der Waals surface area contributed by atoms with E-state index >= 15 is 0 Å². The van der Waals surface area contributed by atoms with Crippen molar-refractivity contribution in [1.29, 1.82) is 0 Å². The smallest absolute Gasteiger partial charge is 0.211 e. The van der Waals surface area contributed by atoms with E-state index in [9.17, 15) is 8.42 Å². The average Bonchev–Trinajstić information content (AvgIpc) is 3.09. The molecular formula is C14H19N5O2S. The van der Waals surface area contributed by atoms with Crippen LogP contribution in [0.2, 0.25) is 0 Å². The normalized spacial score (nSPS) is 20.6. The molecule has 2 aromatic rings. The van der Waals surface area contributed by atoms with Crippen LogP contribution in [0.25, 0.3) is 5.65 Å². The van der Waals surface area contributed by atoms with Crippen LogP contribution < -0.4 is 0 Å². The van der Waals surface area contributed by atoms with Gasteiger partial charge < -0.3 is 0 Å². The Labute approximate surface area is 129 Å². The largest absolute Gasteiger partial charge is 0.213 e. The summed E-state index contributed by atoms with van der Waals surface area (Å²) in [5, 5.41) is 13.3. The second-order valence-corrected chi connectivity index (χ2v) is 8.22. The van der Waals surface area contributed by atoms with Gasteiger partial charge in [0.2, 0.25) is 10.0 Å². The fraction of sp³-hybridized carbons (Fsp3) is 0.643. The van der Waals surface area contributed by atoms with Crippen molar-refractivity contribution in [3.05, 3.63) is 23.1 Å². The molecule has 0 unspecified atom stereocenters. The molecule has 0 amide bonds. The van der Waals surface area contributed by atoms with Gasteiger partial charge in [-0.25, -0.2) is 12.7 Å². The van der Waals surface area contributed by atoms with Gasteiger partial charge in [0.15, 0.2) is 11.5 Å². The molecule has 0 atom stereocenters. The first-order valence-electron chi connectivity index (χ1n) is 7.71. The van der Waals surface area contributed by atoms with Gasteiger partial charge in [-0.2, -0.15) is 9.61 Å². The van der Waals surface area contributed by atoms with Gasteiger partial charge in [-0.15, -0.1) is 10.2 Å². The fourth-order valence-corrected chi connectivity index (χ4v) is 4.37. The van der Waals surface area contributed by atoms with E-state index in [4.69, 9.17) is 5.10 Å². The number of rotatable bonds is 2. The molecular weight excluding hydrogens is 302 g/mol. The van der Waals surface area contributed by atoms with E-state index in [1.54, 1.807) is 0 Å². The number of hydrogen-bond acceptors (Lipinski definition) is 5. The Morgan fingerprint density at radius 3 is 2.68 bits per heavy atom. The highest BCUT2D eigenvalue weighted by Crippen LogP contribution is 2.29. The molecule has 8 heteroatoms. The van der Waals surface area contributed by atoms with Gasteiger partial charge in [0.25, 0.3) is 0 Å². The van der Waals surface area contributed by atoms with Crippen LogP contribution in [0.15, 0.2) is 6.07 Å². The van der Waals surface area contributed by atoms with E-state index in [-0.39, 0.29) is 5.92 Å². The Bertz CT molecular complexity index is 821. The second kappa shape index (κ2) is 4.99. The van der Waals surface area contributed by atoms with Gasteiger partial charge in [-0.1, -0.05) is 0 Å². The Kier molecular flexibility index (Phi) is 3.19. The molecule has 1 aliphatic heterocycles. The second-order valence-electron chi connectivity index (χ2n) is 6.23. The first kappa shape index (κ1) is 14.1. The molecule has 0 bridgehead atoms. The van der Waals surface area contributed by atoms with Crippen LogP contribution in [-0.2, 0) is 22.9 Å². The molecule has 1 fully saturated rings. The van der Waals surface area contributed by atoms with Crippen LogP contribution in [0.5, 0.6) is 0 Å². The molecule has 7 nitrogen and oxygen atoms in total. The van der Waals surface area contributed by atoms with Crippen LogP contribution in [0, 0.1) is 0 Å². The third-order valence-corrected chi connectivity index (χ3v) is 6.03. The highest BCUT2D eigenvalue weighted by molar-refractivity contribution is 7.88. The number of fused-ring (bicyclic) bond motifs is 2. The summed E-state index contributed by atoms with van der Waals surface area (Å²) in [6, 6.07) is 2.09. The van der Waals surface area contributed by atoms with Crippen LogP contribution >= 0.6 is 0 Å². The fourth-order valence-electron chi connectivity index (χ4n) is 3.49. The molecule has 3 heterocycles. The monoisotopic (exact) mass is 321 g/mol. The molecule has 0 saturated carbocycles. The molecule has 1 aliphatic carbocycles. The Morgan fingerprint density at radius 2 is 1.95 bits per heavy atom. The molecule has 118 valence electrons. The topological polar surface area (TPSA) is 80.5 Å². The zero-order valence-electron chi connectivity index (χ0n) is 12.6. The zero-order chi connectivity index (χ0) is 15.3. The zero-order valence-corrected chi connectivity index (χ0v) is 13.4. The lowest BCUT2D eigenvalue weighted by Gasteiger charge is -2.29. The SMILES string of the molecule is CS(=O)(=O)N1CCC(c2nnc3cc4c(nn23)CCC4)CC1. The summed E-state index contributed by atoms with van der Waals surface area (Å²) in [7, 11) is -3.09. The maximum absolute atomic E-state index is 11.6. The molecule has 2 aliphatic rings. The summed E-state index contributed by atoms with van der Waals surface area (Å²) >= 11 is 0. The van der Waals surface area contributed by atoms with Crippen LogP contribution in [0.1, 0.15) is 42.3 Å². The number of aryl methyl sites for hydroxylation is 2. The molecule has 22 heavy (non-hydrogen) atoms. The van der Waals surface area contributed by atoms with E-state index < -0.39 is 10.0 Å². The van der Waals surface area contributed by atoms with Gasteiger partial charge in [0.1, 0.15) is 0 Å². The number of nitrogens with zero attached hydrogens (tertiary/aromatic N) is 5. The van der Waals surface area contributed by atoms with Crippen molar-refractivity contribution in [1.82, 2.24) is 24.1 Å². The predicted octanol–water partition coefficient (Wildman–Crippen LogP) is 0.752. The average molecular weight is 321 g/mol. The number of hydrogen-bond donors (Lipinski definition) is 0. The first-order valence-corrected chi connectivity index (χ1v) is 9.56. The van der Waals surface area contributed by atoms with Crippen molar-refractivity contribution in [3.8, 4) is 0 Å². The lowest BCUT2D eigenvalue weighted by Crippen LogP contribution is -2.37. The van der Waals surface area contributed by atoms with Crippen LogP contribution in [0.4, 0.5) is 0 Å². The predicted molar refractivity (Wildman–Crippen MR) is 81.2 cm³/mol. The van der Waals surface area contributed by atoms with Crippen molar-refractivity contribution in [2.24, 2.45) is 0 Å². The molecule has 0 N–H and O–H groups in total. The highest BCUT2D eigenvalue weighted by atomic mass is 32.2. The summed E-state index contributed by atoms with van der Waals surface area (Å²) in [5.74, 6) is 1.10. The Morgan fingerprint density at radius 1 is 1.18 bits per heavy atom. The van der Waals surface area contributed by atoms with Crippen molar-refractivity contribution in [2.45, 2.75) is 38.0 Å². The van der Waals surface area contributed by atoms with Gasteiger partial charge >= 0.3 is 0 Å². The van der Waals surface area contributed by atoms with Gasteiger partial charge in [-0.3, -0.25) is 0 Å². The summed E-state index contributed by atoms with van der Waals surface area (Å²) in [6.45, 7) is 1.09. The highest BCUT2D eigenvalue weighted by Gasteiger charge is 2.29. The van der Waals surface area contributed by atoms with E-state index in [0.717, 1.165) is 49.3 Å². The molecule has 1 saturated heterocycles. The number of piperidine rings is 1. The van der Waals surface area contributed by atoms with Crippen molar-refractivity contribution in [3.63, 3.8) is 0 Å². The third kappa shape index (κ3) is 2.30. The molecule has 0 aromatic carbocycles. The first-order chi connectivity index (χ1) is 10.5. The molecule has 2 aromatic heterocycles. The Hall–Kier alpha value is -1.54. The third-order valence-electron chi connectivity index (χ3n) is 4.73. The van der Waals surface area contributed by atoms with Crippen LogP contribution in [-0.4, -0.2) is 51.9 Å². The van der Waals surface area contributed by atoms with Gasteiger partial charge in [0, 0.05) is 19.0 Å². The lowest BCUT2D eigenvalue weighted by molar-refractivity contribution is 0.313. The lowest BCUT2D eigenvalue weighted by atomic mass is 9.97. The maximum Gasteiger partial charge on any atom is 0.211 e. The Balaban J connectivity index is 1.63. The molecule has 0 radical (unpaired) electrons. The minimum Gasteiger partial charge on any atom is -0.213 e. The molecule has 0 spiro atoms. The summed E-state index contributed by atoms with van der Waals surface area (Å²) in [6.07, 6.45) is 6.07. The number of sulfonamides is 1. The van der Waals surface area contributed by atoms with E-state index in [2.05, 4.69) is 16.3 Å². The summed E-state index contributed by atoms with van der Waals surface area (Å²) < 4.78 is 26.6. The quantitative estimate of drug-likeness (QED) is 0.815. The van der Waals surface area contributed by atoms with Gasteiger partial charge in [0.05, 0.1) is 11.9 Å². The maximum atomic E-state index is 11.6. The summed E-state index contributed by atoms with van der Waals surface area (Å²) in [4.78, 5) is 0. The van der Waals surface area contributed by atoms with Crippen molar-refractivity contribution < 1.29 is 8.42 Å². The van der Waals surface area contributed by atoms with Crippen molar-refractivity contribution in [2.75, 3.05) is 19.3 Å². The minimum absolute atomic E-state index is 0.222. The van der Waals surface area contributed by atoms with E-state index in [1.165, 1.54) is 16.1 Å². The van der Waals surface area contributed by atoms with Gasteiger partial charge in [-0.05, 0) is 43.7 Å². The summed E-state index contributed by atoms with van der Waals surface area (Å²) in [5.41, 5.74) is 3.25. The van der Waals surface area contributed by atoms with Crippen LogP contribution in [0.3, 0.4) is 0 Å². The number of aromatic nitrogens is 4. The van der Waals surface area contributed by atoms with Crippen molar-refractivity contribution >= 4 is 15.7 Å². The standard InChI is InChI=1S/C14H19N5O2S/c1-22(20,21)18-7-5-10(6-8-18)14-16-15-13-9-11-3-2-4-12(11)17-19(13)14/h9-10H,2-8H2,1H3. The minimum atomic E-state index is -3.09. The van der Waals surface area contributed by atoms with E-state index in [1.807, 2.05) is 4.52 Å². The molecule has 4 rings (SSSR count).